The van der Waals surface area contributed by atoms with Crippen LogP contribution < -0.4 is 10.6 Å². The van der Waals surface area contributed by atoms with Gasteiger partial charge in [0.2, 0.25) is 0 Å². The van der Waals surface area contributed by atoms with Crippen LogP contribution in [0, 0.1) is 0 Å². The Labute approximate surface area is 145 Å². The van der Waals surface area contributed by atoms with Gasteiger partial charge in [0, 0.05) is 16.9 Å². The molecule has 3 aromatic rings. The van der Waals surface area contributed by atoms with Crippen LogP contribution in [0.15, 0.2) is 71.3 Å². The van der Waals surface area contributed by atoms with Gasteiger partial charge in [-0.3, -0.25) is 9.59 Å². The van der Waals surface area contributed by atoms with Crippen molar-refractivity contribution in [3.63, 3.8) is 0 Å². The number of rotatable bonds is 5. The standard InChI is InChI=1S/C20H18N2O3/c1-2-14-5-7-15(8-6-14)19(23)21-16-9-11-17(12-10-16)22-20(24)18-4-3-13-25-18/h3-13H,2H2,1H3,(H,21,23)(H,22,24). The molecule has 0 bridgehead atoms. The van der Waals surface area contributed by atoms with Crippen LogP contribution >= 0.6 is 0 Å². The highest BCUT2D eigenvalue weighted by Gasteiger charge is 2.09. The van der Waals surface area contributed by atoms with Crippen LogP contribution in [0.5, 0.6) is 0 Å². The number of furan rings is 1. The number of carbonyl (C=O) groups excluding carboxylic acids is 2. The third kappa shape index (κ3) is 4.14. The quantitative estimate of drug-likeness (QED) is 0.729. The van der Waals surface area contributed by atoms with Crippen LogP contribution in [0.3, 0.4) is 0 Å². The van der Waals surface area contributed by atoms with E-state index >= 15 is 0 Å². The highest BCUT2D eigenvalue weighted by atomic mass is 16.3. The van der Waals surface area contributed by atoms with E-state index in [1.165, 1.54) is 11.8 Å². The fourth-order valence-corrected chi connectivity index (χ4v) is 2.33. The first-order valence-electron chi connectivity index (χ1n) is 8.01. The molecule has 0 saturated heterocycles. The lowest BCUT2D eigenvalue weighted by molar-refractivity contribution is 0.0994. The Hall–Kier alpha value is -3.34. The topological polar surface area (TPSA) is 71.3 Å². The van der Waals surface area contributed by atoms with Crippen LogP contribution in [-0.4, -0.2) is 11.8 Å². The molecular formula is C20H18N2O3. The van der Waals surface area contributed by atoms with E-state index in [9.17, 15) is 9.59 Å². The monoisotopic (exact) mass is 334 g/mol. The van der Waals surface area contributed by atoms with E-state index in [-0.39, 0.29) is 17.6 Å². The molecule has 0 fully saturated rings. The number of nitrogens with one attached hydrogen (secondary N) is 2. The van der Waals surface area contributed by atoms with Crippen molar-refractivity contribution in [2.45, 2.75) is 13.3 Å². The minimum atomic E-state index is -0.321. The Morgan fingerprint density at radius 1 is 0.840 bits per heavy atom. The predicted molar refractivity (Wildman–Crippen MR) is 96.9 cm³/mol. The zero-order valence-corrected chi connectivity index (χ0v) is 13.8. The van der Waals surface area contributed by atoms with Gasteiger partial charge in [-0.1, -0.05) is 19.1 Å². The number of amides is 2. The average Bonchev–Trinajstić information content (AvgIpc) is 3.18. The van der Waals surface area contributed by atoms with E-state index < -0.39 is 0 Å². The van der Waals surface area contributed by atoms with Gasteiger partial charge in [-0.05, 0) is 60.5 Å². The molecule has 0 atom stereocenters. The van der Waals surface area contributed by atoms with Crippen LogP contribution in [-0.2, 0) is 6.42 Å². The summed E-state index contributed by atoms with van der Waals surface area (Å²) in [7, 11) is 0. The summed E-state index contributed by atoms with van der Waals surface area (Å²) in [5.74, 6) is -0.249. The van der Waals surface area contributed by atoms with Gasteiger partial charge in [0.1, 0.15) is 0 Å². The molecule has 5 nitrogen and oxygen atoms in total. The zero-order chi connectivity index (χ0) is 17.6. The van der Waals surface area contributed by atoms with E-state index in [4.69, 9.17) is 4.42 Å². The number of benzene rings is 2. The zero-order valence-electron chi connectivity index (χ0n) is 13.8. The van der Waals surface area contributed by atoms with Crippen molar-refractivity contribution in [3.05, 3.63) is 83.8 Å². The molecule has 0 unspecified atom stereocenters. The van der Waals surface area contributed by atoms with Crippen LogP contribution in [0.1, 0.15) is 33.4 Å². The number of carbonyl (C=O) groups is 2. The molecule has 0 aliphatic rings. The van der Waals surface area contributed by atoms with Crippen molar-refractivity contribution >= 4 is 23.2 Å². The van der Waals surface area contributed by atoms with Gasteiger partial charge in [0.05, 0.1) is 6.26 Å². The van der Waals surface area contributed by atoms with Crippen molar-refractivity contribution < 1.29 is 14.0 Å². The Kier molecular flexibility index (Phi) is 4.95. The summed E-state index contributed by atoms with van der Waals surface area (Å²) in [6.45, 7) is 2.07. The van der Waals surface area contributed by atoms with E-state index in [0.717, 1.165) is 6.42 Å². The maximum Gasteiger partial charge on any atom is 0.291 e. The second-order valence-electron chi connectivity index (χ2n) is 5.51. The highest BCUT2D eigenvalue weighted by Crippen LogP contribution is 2.16. The first-order chi connectivity index (χ1) is 12.2. The molecule has 0 spiro atoms. The lowest BCUT2D eigenvalue weighted by atomic mass is 10.1. The van der Waals surface area contributed by atoms with Gasteiger partial charge in [-0.2, -0.15) is 0 Å². The van der Waals surface area contributed by atoms with Gasteiger partial charge >= 0.3 is 0 Å². The fourth-order valence-electron chi connectivity index (χ4n) is 2.33. The highest BCUT2D eigenvalue weighted by molar-refractivity contribution is 6.05. The normalized spacial score (nSPS) is 10.3. The lowest BCUT2D eigenvalue weighted by Crippen LogP contribution is -2.13. The molecule has 126 valence electrons. The number of aryl methyl sites for hydroxylation is 1. The third-order valence-corrected chi connectivity index (χ3v) is 3.77. The van der Waals surface area contributed by atoms with Crippen molar-refractivity contribution in [2.24, 2.45) is 0 Å². The van der Waals surface area contributed by atoms with E-state index in [2.05, 4.69) is 17.6 Å². The van der Waals surface area contributed by atoms with Crippen molar-refractivity contribution in [2.75, 3.05) is 10.6 Å². The third-order valence-electron chi connectivity index (χ3n) is 3.77. The number of hydrogen-bond donors (Lipinski definition) is 2. The maximum absolute atomic E-state index is 12.2. The molecular weight excluding hydrogens is 316 g/mol. The fraction of sp³-hybridized carbons (Fsp3) is 0.100. The molecule has 0 aliphatic carbocycles. The molecule has 25 heavy (non-hydrogen) atoms. The molecule has 2 N–H and O–H groups in total. The maximum atomic E-state index is 12.2. The van der Waals surface area contributed by atoms with Gasteiger partial charge in [-0.15, -0.1) is 0 Å². The molecule has 5 heteroatoms. The van der Waals surface area contributed by atoms with Crippen LogP contribution in [0.2, 0.25) is 0 Å². The Bertz CT molecular complexity index is 851. The van der Waals surface area contributed by atoms with Crippen LogP contribution in [0.25, 0.3) is 0 Å². The second-order valence-corrected chi connectivity index (χ2v) is 5.51. The minimum Gasteiger partial charge on any atom is -0.459 e. The van der Waals surface area contributed by atoms with Gasteiger partial charge < -0.3 is 15.1 Å². The molecule has 0 saturated carbocycles. The Balaban J connectivity index is 1.61. The predicted octanol–water partition coefficient (Wildman–Crippen LogP) is 4.35. The molecule has 0 aliphatic heterocycles. The van der Waals surface area contributed by atoms with Gasteiger partial charge in [-0.25, -0.2) is 0 Å². The summed E-state index contributed by atoms with van der Waals surface area (Å²) >= 11 is 0. The van der Waals surface area contributed by atoms with E-state index in [0.29, 0.717) is 16.9 Å². The van der Waals surface area contributed by atoms with Crippen molar-refractivity contribution in [1.82, 2.24) is 0 Å². The minimum absolute atomic E-state index is 0.171. The van der Waals surface area contributed by atoms with Gasteiger partial charge in [0.15, 0.2) is 5.76 Å². The second kappa shape index (κ2) is 7.49. The summed E-state index contributed by atoms with van der Waals surface area (Å²) in [4.78, 5) is 24.1. The first kappa shape index (κ1) is 16.5. The summed E-state index contributed by atoms with van der Waals surface area (Å²) in [6, 6.07) is 17.7. The first-order valence-corrected chi connectivity index (χ1v) is 8.01. The summed E-state index contributed by atoms with van der Waals surface area (Å²) in [6.07, 6.45) is 2.38. The molecule has 1 heterocycles. The van der Waals surface area contributed by atoms with Crippen molar-refractivity contribution in [3.8, 4) is 0 Å². The molecule has 3 rings (SSSR count). The molecule has 2 amide bonds. The molecule has 0 radical (unpaired) electrons. The Morgan fingerprint density at radius 3 is 1.96 bits per heavy atom. The van der Waals surface area contributed by atoms with E-state index in [1.807, 2.05) is 24.3 Å². The lowest BCUT2D eigenvalue weighted by Gasteiger charge is -2.08. The summed E-state index contributed by atoms with van der Waals surface area (Å²) in [5, 5.41) is 5.56. The number of hydrogen-bond acceptors (Lipinski definition) is 3. The molecule has 1 aromatic heterocycles. The SMILES string of the molecule is CCc1ccc(C(=O)Nc2ccc(NC(=O)c3ccco3)cc2)cc1. The van der Waals surface area contributed by atoms with Crippen LogP contribution in [0.4, 0.5) is 11.4 Å². The summed E-state index contributed by atoms with van der Waals surface area (Å²) in [5.41, 5.74) is 3.06. The van der Waals surface area contributed by atoms with E-state index in [1.54, 1.807) is 36.4 Å². The average molecular weight is 334 g/mol. The van der Waals surface area contributed by atoms with Crippen molar-refractivity contribution in [1.29, 1.82) is 0 Å². The Morgan fingerprint density at radius 2 is 1.44 bits per heavy atom. The largest absolute Gasteiger partial charge is 0.459 e. The molecule has 2 aromatic carbocycles. The van der Waals surface area contributed by atoms with Gasteiger partial charge in [0.25, 0.3) is 11.8 Å². The smallest absolute Gasteiger partial charge is 0.291 e. The summed E-state index contributed by atoms with van der Waals surface area (Å²) < 4.78 is 5.04. The number of anilines is 2.